The summed E-state index contributed by atoms with van der Waals surface area (Å²) in [5.74, 6) is -0.566. The summed E-state index contributed by atoms with van der Waals surface area (Å²) in [6.45, 7) is 8.55. The fourth-order valence-electron chi connectivity index (χ4n) is 4.44. The predicted molar refractivity (Wildman–Crippen MR) is 136 cm³/mol. The molecule has 4 rings (SSSR count). The normalized spacial score (nSPS) is 14.8. The van der Waals surface area contributed by atoms with E-state index in [1.165, 1.54) is 28.0 Å². The van der Waals surface area contributed by atoms with Gasteiger partial charge in [-0.15, -0.1) is 17.9 Å². The first kappa shape index (κ1) is 24.7. The summed E-state index contributed by atoms with van der Waals surface area (Å²) in [6.07, 6.45) is 2.29. The molecule has 1 aliphatic heterocycles. The van der Waals surface area contributed by atoms with Crippen LogP contribution in [0.15, 0.2) is 66.6 Å². The fourth-order valence-corrected chi connectivity index (χ4v) is 5.37. The lowest BCUT2D eigenvalue weighted by atomic mass is 10.00. The van der Waals surface area contributed by atoms with Gasteiger partial charge in [-0.1, -0.05) is 35.9 Å². The summed E-state index contributed by atoms with van der Waals surface area (Å²) in [5.41, 5.74) is 3.22. The molecular weight excluding hydrogens is 463 g/mol. The molecule has 0 bridgehead atoms. The zero-order chi connectivity index (χ0) is 24.9. The molecule has 2 aromatic carbocycles. The minimum absolute atomic E-state index is 0.0596. The van der Waals surface area contributed by atoms with Crippen LogP contribution in [0.3, 0.4) is 0 Å². The van der Waals surface area contributed by atoms with Gasteiger partial charge in [0.05, 0.1) is 11.6 Å². The van der Waals surface area contributed by atoms with Gasteiger partial charge in [0.1, 0.15) is 24.7 Å². The number of hydrogen-bond acceptors (Lipinski definition) is 4. The number of amides is 2. The molecule has 0 radical (unpaired) electrons. The van der Waals surface area contributed by atoms with Crippen LogP contribution < -0.4 is 4.74 Å². The van der Waals surface area contributed by atoms with Gasteiger partial charge in [0.15, 0.2) is 0 Å². The highest BCUT2D eigenvalue weighted by molar-refractivity contribution is 7.10. The number of carbonyl (C=O) groups excluding carboxylic acids is 2. The maximum Gasteiger partial charge on any atom is 0.257 e. The molecule has 5 nitrogen and oxygen atoms in total. The van der Waals surface area contributed by atoms with Crippen LogP contribution in [0, 0.1) is 19.7 Å². The van der Waals surface area contributed by atoms with Gasteiger partial charge >= 0.3 is 0 Å². The number of fused-ring (bicyclic) bond motifs is 1. The highest BCUT2D eigenvalue weighted by atomic mass is 32.1. The third kappa shape index (κ3) is 5.46. The molecule has 2 heterocycles. The number of carbonyl (C=O) groups is 2. The molecule has 0 saturated heterocycles. The van der Waals surface area contributed by atoms with Crippen molar-refractivity contribution in [1.82, 2.24) is 9.80 Å². The van der Waals surface area contributed by atoms with Crippen molar-refractivity contribution in [3.8, 4) is 5.75 Å². The smallest absolute Gasteiger partial charge is 0.257 e. The lowest BCUT2D eigenvalue weighted by Crippen LogP contribution is -2.48. The van der Waals surface area contributed by atoms with Crippen molar-refractivity contribution >= 4 is 23.2 Å². The van der Waals surface area contributed by atoms with E-state index in [0.717, 1.165) is 28.9 Å². The van der Waals surface area contributed by atoms with Crippen molar-refractivity contribution in [2.45, 2.75) is 26.3 Å². The predicted octanol–water partition coefficient (Wildman–Crippen LogP) is 5.34. The van der Waals surface area contributed by atoms with Crippen LogP contribution in [0.25, 0.3) is 0 Å². The summed E-state index contributed by atoms with van der Waals surface area (Å²) in [5, 5.41) is 2.04. The van der Waals surface area contributed by atoms with Crippen LogP contribution in [0.1, 0.15) is 38.0 Å². The first-order chi connectivity index (χ1) is 16.9. The third-order valence-electron chi connectivity index (χ3n) is 6.21. The van der Waals surface area contributed by atoms with Gasteiger partial charge < -0.3 is 14.5 Å². The molecule has 1 aromatic heterocycles. The number of thiophene rings is 1. The Morgan fingerprint density at radius 2 is 2.03 bits per heavy atom. The molecule has 3 aromatic rings. The molecule has 0 N–H and O–H groups in total. The van der Waals surface area contributed by atoms with Crippen molar-refractivity contribution in [3.05, 3.63) is 99.5 Å². The number of rotatable bonds is 8. The number of hydrogen-bond donors (Lipinski definition) is 0. The van der Waals surface area contributed by atoms with E-state index in [9.17, 15) is 14.0 Å². The summed E-state index contributed by atoms with van der Waals surface area (Å²) in [7, 11) is 0. The van der Waals surface area contributed by atoms with Crippen LogP contribution in [0.5, 0.6) is 5.75 Å². The van der Waals surface area contributed by atoms with Gasteiger partial charge in [-0.3, -0.25) is 9.59 Å². The second-order valence-electron chi connectivity index (χ2n) is 8.69. The van der Waals surface area contributed by atoms with Crippen molar-refractivity contribution in [2.75, 3.05) is 26.2 Å². The number of nitrogens with zero attached hydrogens (tertiary/aromatic N) is 2. The van der Waals surface area contributed by atoms with Gasteiger partial charge in [-0.05, 0) is 61.0 Å². The van der Waals surface area contributed by atoms with Gasteiger partial charge in [0, 0.05) is 18.0 Å². The SMILES string of the molecule is C=CCN(CC(=O)N1CCc2sccc2[C@@H]1COc1ccc(C)cc1C)C(=O)c1ccccc1F. The molecule has 1 aliphatic rings. The Hall–Kier alpha value is -3.45. The molecule has 1 atom stereocenters. The summed E-state index contributed by atoms with van der Waals surface area (Å²) in [6, 6.07) is 13.6. The van der Waals surface area contributed by atoms with Crippen molar-refractivity contribution < 1.29 is 18.7 Å². The lowest BCUT2D eigenvalue weighted by Gasteiger charge is -2.37. The van der Waals surface area contributed by atoms with E-state index >= 15 is 0 Å². The average Bonchev–Trinajstić information content (AvgIpc) is 3.32. The van der Waals surface area contributed by atoms with Gasteiger partial charge in [-0.25, -0.2) is 4.39 Å². The fraction of sp³-hybridized carbons (Fsp3) is 0.286. The number of benzene rings is 2. The molecule has 35 heavy (non-hydrogen) atoms. The highest BCUT2D eigenvalue weighted by Crippen LogP contribution is 2.34. The van der Waals surface area contributed by atoms with E-state index in [1.54, 1.807) is 28.4 Å². The number of ether oxygens (including phenoxy) is 1. The molecule has 7 heteroatoms. The standard InChI is InChI=1S/C28H29FN2O3S/c1-4-13-30(28(33)21-7-5-6-8-23(21)29)17-27(32)31-14-11-26-22(12-15-35-26)24(31)18-34-25-10-9-19(2)16-20(25)3/h4-10,12,15-16,24H,1,11,13-14,17-18H2,2-3H3/t24-/m0/s1. The largest absolute Gasteiger partial charge is 0.491 e. The molecule has 0 aliphatic carbocycles. The van der Waals surface area contributed by atoms with Crippen LogP contribution in [-0.4, -0.2) is 47.9 Å². The lowest BCUT2D eigenvalue weighted by molar-refractivity contribution is -0.135. The maximum atomic E-state index is 14.3. The van der Waals surface area contributed by atoms with E-state index in [1.807, 2.05) is 37.4 Å². The maximum absolute atomic E-state index is 14.3. The summed E-state index contributed by atoms with van der Waals surface area (Å²) >= 11 is 1.68. The van der Waals surface area contributed by atoms with Crippen molar-refractivity contribution in [1.29, 1.82) is 0 Å². The molecule has 0 fully saturated rings. The zero-order valence-corrected chi connectivity index (χ0v) is 20.8. The Morgan fingerprint density at radius 1 is 1.23 bits per heavy atom. The zero-order valence-electron chi connectivity index (χ0n) is 20.0. The Kier molecular flexibility index (Phi) is 7.66. The first-order valence-corrected chi connectivity index (χ1v) is 12.5. The highest BCUT2D eigenvalue weighted by Gasteiger charge is 2.33. The van der Waals surface area contributed by atoms with Gasteiger partial charge in [0.2, 0.25) is 5.91 Å². The minimum atomic E-state index is -0.611. The molecule has 0 saturated carbocycles. The van der Waals surface area contributed by atoms with E-state index in [2.05, 4.69) is 12.6 Å². The molecule has 2 amide bonds. The summed E-state index contributed by atoms with van der Waals surface area (Å²) in [4.78, 5) is 30.9. The summed E-state index contributed by atoms with van der Waals surface area (Å²) < 4.78 is 20.4. The Morgan fingerprint density at radius 3 is 2.77 bits per heavy atom. The molecular formula is C28H29FN2O3S. The van der Waals surface area contributed by atoms with Crippen molar-refractivity contribution in [3.63, 3.8) is 0 Å². The van der Waals surface area contributed by atoms with E-state index in [0.29, 0.717) is 13.2 Å². The van der Waals surface area contributed by atoms with Crippen LogP contribution in [0.4, 0.5) is 4.39 Å². The molecule has 0 unspecified atom stereocenters. The average molecular weight is 493 g/mol. The Bertz CT molecular complexity index is 1240. The molecule has 0 spiro atoms. The quantitative estimate of drug-likeness (QED) is 0.399. The van der Waals surface area contributed by atoms with Gasteiger partial charge in [-0.2, -0.15) is 0 Å². The van der Waals surface area contributed by atoms with Gasteiger partial charge in [0.25, 0.3) is 5.91 Å². The van der Waals surface area contributed by atoms with E-state index in [4.69, 9.17) is 4.74 Å². The third-order valence-corrected chi connectivity index (χ3v) is 7.21. The van der Waals surface area contributed by atoms with Crippen LogP contribution >= 0.6 is 11.3 Å². The van der Waals surface area contributed by atoms with E-state index in [-0.39, 0.29) is 30.6 Å². The topological polar surface area (TPSA) is 49.9 Å². The number of aryl methyl sites for hydroxylation is 2. The monoisotopic (exact) mass is 492 g/mol. The second kappa shape index (κ2) is 10.9. The van der Waals surface area contributed by atoms with Crippen molar-refractivity contribution in [2.24, 2.45) is 0 Å². The number of halogens is 1. The Labute approximate surface area is 209 Å². The van der Waals surface area contributed by atoms with Crippen LogP contribution in [0.2, 0.25) is 0 Å². The Balaban J connectivity index is 1.54. The van der Waals surface area contributed by atoms with E-state index < -0.39 is 11.7 Å². The van der Waals surface area contributed by atoms with Crippen LogP contribution in [-0.2, 0) is 11.2 Å². The first-order valence-electron chi connectivity index (χ1n) is 11.6. The molecule has 182 valence electrons. The minimum Gasteiger partial charge on any atom is -0.491 e. The second-order valence-corrected chi connectivity index (χ2v) is 9.69.